The Labute approximate surface area is 149 Å². The van der Waals surface area contributed by atoms with Gasteiger partial charge in [-0.15, -0.1) is 11.3 Å². The third kappa shape index (κ3) is 4.24. The lowest BCUT2D eigenvalue weighted by molar-refractivity contribution is 0.0949. The van der Waals surface area contributed by atoms with E-state index < -0.39 is 0 Å². The van der Waals surface area contributed by atoms with Crippen molar-refractivity contribution in [2.24, 2.45) is 0 Å². The zero-order valence-corrected chi connectivity index (χ0v) is 14.9. The fraction of sp³-hybridized carbons (Fsp3) is 0.278. The van der Waals surface area contributed by atoms with Crippen molar-refractivity contribution in [3.63, 3.8) is 0 Å². The highest BCUT2D eigenvalue weighted by Crippen LogP contribution is 2.21. The Balaban J connectivity index is 1.55. The second kappa shape index (κ2) is 7.48. The first kappa shape index (κ1) is 17.2. The molecule has 3 aromatic rings. The quantitative estimate of drug-likeness (QED) is 0.632. The third-order valence-corrected chi connectivity index (χ3v) is 4.91. The summed E-state index contributed by atoms with van der Waals surface area (Å²) in [6.45, 7) is 4.76. The maximum absolute atomic E-state index is 12.2. The summed E-state index contributed by atoms with van der Waals surface area (Å²) in [5.41, 5.74) is 2.90. The van der Waals surface area contributed by atoms with Crippen LogP contribution in [0, 0.1) is 0 Å². The van der Waals surface area contributed by atoms with E-state index in [9.17, 15) is 9.90 Å². The van der Waals surface area contributed by atoms with E-state index in [2.05, 4.69) is 34.3 Å². The number of aromatic nitrogens is 3. The lowest BCUT2D eigenvalue weighted by Gasteiger charge is -2.02. The van der Waals surface area contributed by atoms with Crippen LogP contribution in [0.2, 0.25) is 0 Å². The summed E-state index contributed by atoms with van der Waals surface area (Å²) in [6.07, 6.45) is 0.702. The summed E-state index contributed by atoms with van der Waals surface area (Å²) in [4.78, 5) is 16.8. The number of hydrogen-bond acceptors (Lipinski definition) is 5. The standard InChI is InChI=1S/C18H20N4O2S/c1-11(2)18-20-13(10-25-18)7-8-19-17(24)16-9-15(21-22-16)12-3-5-14(23)6-4-12/h3-6,9-11,23H,7-8H2,1-2H3,(H,19,24)(H,21,22). The highest BCUT2D eigenvalue weighted by atomic mass is 32.1. The molecular weight excluding hydrogens is 336 g/mol. The van der Waals surface area contributed by atoms with Gasteiger partial charge in [0, 0.05) is 29.8 Å². The van der Waals surface area contributed by atoms with Gasteiger partial charge in [-0.25, -0.2) is 4.98 Å². The molecule has 0 saturated heterocycles. The largest absolute Gasteiger partial charge is 0.508 e. The number of benzene rings is 1. The van der Waals surface area contributed by atoms with Crippen LogP contribution >= 0.6 is 11.3 Å². The summed E-state index contributed by atoms with van der Waals surface area (Å²) < 4.78 is 0. The maximum atomic E-state index is 12.2. The van der Waals surface area contributed by atoms with E-state index in [1.807, 2.05) is 5.38 Å². The molecule has 0 aliphatic rings. The van der Waals surface area contributed by atoms with Crippen molar-refractivity contribution in [1.29, 1.82) is 0 Å². The van der Waals surface area contributed by atoms with Crippen LogP contribution in [0.4, 0.5) is 0 Å². The van der Waals surface area contributed by atoms with Crippen LogP contribution in [0.5, 0.6) is 5.75 Å². The van der Waals surface area contributed by atoms with Gasteiger partial charge in [0.05, 0.1) is 16.4 Å². The number of rotatable bonds is 6. The smallest absolute Gasteiger partial charge is 0.269 e. The normalized spacial score (nSPS) is 11.0. The lowest BCUT2D eigenvalue weighted by Crippen LogP contribution is -2.26. The molecule has 0 fully saturated rings. The molecule has 0 aliphatic heterocycles. The van der Waals surface area contributed by atoms with Crippen LogP contribution in [0.1, 0.15) is 41.0 Å². The van der Waals surface area contributed by atoms with Gasteiger partial charge in [-0.3, -0.25) is 9.89 Å². The van der Waals surface area contributed by atoms with Crippen LogP contribution in [-0.2, 0) is 6.42 Å². The van der Waals surface area contributed by atoms with Crippen molar-refractivity contribution in [1.82, 2.24) is 20.5 Å². The highest BCUT2D eigenvalue weighted by Gasteiger charge is 2.11. The molecule has 7 heteroatoms. The number of hydrogen-bond donors (Lipinski definition) is 3. The number of aromatic hydroxyl groups is 1. The molecule has 0 atom stereocenters. The Morgan fingerprint density at radius 1 is 1.32 bits per heavy atom. The second-order valence-corrected chi connectivity index (χ2v) is 6.94. The van der Waals surface area contributed by atoms with Gasteiger partial charge in [0.2, 0.25) is 0 Å². The van der Waals surface area contributed by atoms with Gasteiger partial charge in [-0.2, -0.15) is 5.10 Å². The fourth-order valence-electron chi connectivity index (χ4n) is 2.32. The van der Waals surface area contributed by atoms with Crippen molar-refractivity contribution in [3.05, 3.63) is 52.1 Å². The summed E-state index contributed by atoms with van der Waals surface area (Å²) in [7, 11) is 0. The van der Waals surface area contributed by atoms with E-state index in [0.717, 1.165) is 16.3 Å². The number of aromatic amines is 1. The Morgan fingerprint density at radius 2 is 2.08 bits per heavy atom. The number of H-pyrrole nitrogens is 1. The van der Waals surface area contributed by atoms with Crippen molar-refractivity contribution >= 4 is 17.2 Å². The van der Waals surface area contributed by atoms with Crippen LogP contribution in [0.15, 0.2) is 35.7 Å². The molecule has 1 amide bonds. The Hall–Kier alpha value is -2.67. The van der Waals surface area contributed by atoms with Crippen molar-refractivity contribution in [2.75, 3.05) is 6.54 Å². The number of nitrogens with zero attached hydrogens (tertiary/aromatic N) is 2. The molecular formula is C18H20N4O2S. The van der Waals surface area contributed by atoms with Crippen LogP contribution in [0.3, 0.4) is 0 Å². The predicted molar refractivity (Wildman–Crippen MR) is 97.9 cm³/mol. The van der Waals surface area contributed by atoms with Crippen molar-refractivity contribution in [2.45, 2.75) is 26.2 Å². The zero-order chi connectivity index (χ0) is 17.8. The number of phenols is 1. The number of amides is 1. The zero-order valence-electron chi connectivity index (χ0n) is 14.1. The van der Waals surface area contributed by atoms with Gasteiger partial charge in [0.1, 0.15) is 11.4 Å². The van der Waals surface area contributed by atoms with Gasteiger partial charge in [-0.05, 0) is 30.3 Å². The van der Waals surface area contributed by atoms with E-state index in [-0.39, 0.29) is 11.7 Å². The molecule has 0 spiro atoms. The first-order chi connectivity index (χ1) is 12.0. The summed E-state index contributed by atoms with van der Waals surface area (Å²) in [5, 5.41) is 22.3. The summed E-state index contributed by atoms with van der Waals surface area (Å²) in [5.74, 6) is 0.424. The van der Waals surface area contributed by atoms with E-state index >= 15 is 0 Å². The van der Waals surface area contributed by atoms with Crippen molar-refractivity contribution < 1.29 is 9.90 Å². The number of carbonyl (C=O) groups is 1. The van der Waals surface area contributed by atoms with Crippen molar-refractivity contribution in [3.8, 4) is 17.0 Å². The molecule has 2 heterocycles. The third-order valence-electron chi connectivity index (χ3n) is 3.72. The Kier molecular flexibility index (Phi) is 5.14. The Bertz CT molecular complexity index is 852. The second-order valence-electron chi connectivity index (χ2n) is 6.05. The predicted octanol–water partition coefficient (Wildman–Crippen LogP) is 3.33. The molecule has 3 N–H and O–H groups in total. The first-order valence-electron chi connectivity index (χ1n) is 8.10. The van der Waals surface area contributed by atoms with E-state index in [1.54, 1.807) is 41.7 Å². The Morgan fingerprint density at radius 3 is 2.76 bits per heavy atom. The number of phenolic OH excluding ortho intramolecular Hbond substituents is 1. The minimum Gasteiger partial charge on any atom is -0.508 e. The van der Waals surface area contributed by atoms with Gasteiger partial charge in [-0.1, -0.05) is 13.8 Å². The van der Waals surface area contributed by atoms with Gasteiger partial charge in [0.15, 0.2) is 0 Å². The number of nitrogens with one attached hydrogen (secondary N) is 2. The minimum atomic E-state index is -0.197. The average molecular weight is 356 g/mol. The summed E-state index contributed by atoms with van der Waals surface area (Å²) in [6, 6.07) is 8.37. The van der Waals surface area contributed by atoms with Crippen LogP contribution < -0.4 is 5.32 Å². The molecule has 0 radical (unpaired) electrons. The molecule has 25 heavy (non-hydrogen) atoms. The molecule has 0 unspecified atom stereocenters. The van der Waals surface area contributed by atoms with Crippen LogP contribution in [0.25, 0.3) is 11.3 Å². The number of carbonyl (C=O) groups excluding carboxylic acids is 1. The van der Waals surface area contributed by atoms with Gasteiger partial charge >= 0.3 is 0 Å². The first-order valence-corrected chi connectivity index (χ1v) is 8.98. The molecule has 0 bridgehead atoms. The molecule has 3 rings (SSSR count). The van der Waals surface area contributed by atoms with E-state index in [0.29, 0.717) is 30.3 Å². The fourth-order valence-corrected chi connectivity index (χ4v) is 3.19. The molecule has 0 aliphatic carbocycles. The molecule has 6 nitrogen and oxygen atoms in total. The molecule has 0 saturated carbocycles. The van der Waals surface area contributed by atoms with Crippen LogP contribution in [-0.4, -0.2) is 32.7 Å². The van der Waals surface area contributed by atoms with Gasteiger partial charge < -0.3 is 10.4 Å². The van der Waals surface area contributed by atoms with E-state index in [1.165, 1.54) is 0 Å². The molecule has 130 valence electrons. The number of thiazole rings is 1. The maximum Gasteiger partial charge on any atom is 0.269 e. The minimum absolute atomic E-state index is 0.194. The lowest BCUT2D eigenvalue weighted by atomic mass is 10.1. The van der Waals surface area contributed by atoms with E-state index in [4.69, 9.17) is 0 Å². The molecule has 2 aromatic heterocycles. The summed E-state index contributed by atoms with van der Waals surface area (Å²) >= 11 is 1.66. The monoisotopic (exact) mass is 356 g/mol. The van der Waals surface area contributed by atoms with Gasteiger partial charge in [0.25, 0.3) is 5.91 Å². The average Bonchev–Trinajstić information content (AvgIpc) is 3.25. The highest BCUT2D eigenvalue weighted by molar-refractivity contribution is 7.09. The molecule has 1 aromatic carbocycles. The SMILES string of the molecule is CC(C)c1nc(CCNC(=O)c2cc(-c3ccc(O)cc3)n[nH]2)cs1. The topological polar surface area (TPSA) is 90.9 Å².